The average molecular weight is 422 g/mol. The molecule has 2 unspecified atom stereocenters. The first-order valence-electron chi connectivity index (χ1n) is 9.95. The molecular weight excluding hydrogens is 399 g/mol. The molecule has 0 spiro atoms. The number of nitriles is 1. The Balaban J connectivity index is 1.58. The minimum atomic E-state index is -0.634. The van der Waals surface area contributed by atoms with Crippen LogP contribution >= 0.6 is 0 Å². The van der Waals surface area contributed by atoms with Crippen molar-refractivity contribution in [2.24, 2.45) is 18.7 Å². The van der Waals surface area contributed by atoms with Crippen molar-refractivity contribution in [3.63, 3.8) is 0 Å². The highest BCUT2D eigenvalue weighted by Gasteiger charge is 2.32. The zero-order valence-corrected chi connectivity index (χ0v) is 17.1. The molecule has 1 amide bonds. The number of piperidine rings is 1. The van der Waals surface area contributed by atoms with E-state index in [0.717, 1.165) is 12.2 Å². The largest absolute Gasteiger partial charge is 0.365 e. The van der Waals surface area contributed by atoms with Crippen LogP contribution in [0.4, 0.5) is 15.9 Å². The minimum absolute atomic E-state index is 0.211. The summed E-state index contributed by atoms with van der Waals surface area (Å²) in [7, 11) is 1.87. The van der Waals surface area contributed by atoms with Gasteiger partial charge in [-0.3, -0.25) is 19.1 Å². The molecule has 1 fully saturated rings. The lowest BCUT2D eigenvalue weighted by Gasteiger charge is -2.35. The van der Waals surface area contributed by atoms with E-state index in [2.05, 4.69) is 26.5 Å². The quantitative estimate of drug-likeness (QED) is 0.629. The van der Waals surface area contributed by atoms with Gasteiger partial charge in [-0.25, -0.2) is 4.39 Å². The van der Waals surface area contributed by atoms with E-state index in [0.29, 0.717) is 25.2 Å². The molecule has 1 saturated heterocycles. The highest BCUT2D eigenvalue weighted by atomic mass is 19.1. The zero-order chi connectivity index (χ0) is 22.0. The van der Waals surface area contributed by atoms with Gasteiger partial charge in [0, 0.05) is 38.2 Å². The van der Waals surface area contributed by atoms with E-state index in [1.54, 1.807) is 27.7 Å². The van der Waals surface area contributed by atoms with Gasteiger partial charge in [-0.15, -0.1) is 0 Å². The SMILES string of the molecule is Cn1ccc(CN2CCC(C#N)C(n3cc(C(N)=O)c(Nc4ccc(F)cc4)n3)C2)n1. The van der Waals surface area contributed by atoms with Crippen LogP contribution in [0, 0.1) is 23.1 Å². The molecule has 0 aliphatic carbocycles. The zero-order valence-electron chi connectivity index (χ0n) is 17.1. The van der Waals surface area contributed by atoms with Crippen LogP contribution in [0.3, 0.4) is 0 Å². The summed E-state index contributed by atoms with van der Waals surface area (Å²) >= 11 is 0. The van der Waals surface area contributed by atoms with Gasteiger partial charge < -0.3 is 11.1 Å². The molecule has 0 radical (unpaired) electrons. The summed E-state index contributed by atoms with van der Waals surface area (Å²) in [6, 6.07) is 9.81. The molecule has 4 rings (SSSR count). The molecule has 2 aromatic heterocycles. The van der Waals surface area contributed by atoms with Gasteiger partial charge in [0.1, 0.15) is 11.4 Å². The number of amides is 1. The Morgan fingerprint density at radius 1 is 1.32 bits per heavy atom. The molecule has 0 saturated carbocycles. The number of anilines is 2. The number of benzene rings is 1. The summed E-state index contributed by atoms with van der Waals surface area (Å²) < 4.78 is 16.6. The summed E-state index contributed by atoms with van der Waals surface area (Å²) in [5.74, 6) is -0.972. The van der Waals surface area contributed by atoms with Gasteiger partial charge in [0.25, 0.3) is 5.91 Å². The molecule has 10 heteroatoms. The smallest absolute Gasteiger partial charge is 0.254 e. The van der Waals surface area contributed by atoms with Crippen molar-refractivity contribution >= 4 is 17.4 Å². The Kier molecular flexibility index (Phi) is 5.68. The monoisotopic (exact) mass is 422 g/mol. The number of hydrogen-bond donors (Lipinski definition) is 2. The maximum atomic E-state index is 13.2. The number of primary amides is 1. The first-order chi connectivity index (χ1) is 14.9. The number of aryl methyl sites for hydroxylation is 1. The Morgan fingerprint density at radius 2 is 2.10 bits per heavy atom. The number of carbonyl (C=O) groups is 1. The molecule has 9 nitrogen and oxygen atoms in total. The van der Waals surface area contributed by atoms with Crippen LogP contribution in [0.1, 0.15) is 28.5 Å². The fourth-order valence-electron chi connectivity index (χ4n) is 3.84. The summed E-state index contributed by atoms with van der Waals surface area (Å²) in [6.07, 6.45) is 4.16. The standard InChI is InChI=1S/C21H23FN8O/c1-28-8-7-17(26-28)11-29-9-6-14(10-23)19(13-29)30-12-18(20(24)31)21(27-30)25-16-4-2-15(22)3-5-16/h2-5,7-8,12,14,19H,6,9,11,13H2,1H3,(H2,24,31)(H,25,27). The third-order valence-electron chi connectivity index (χ3n) is 5.43. The first-order valence-corrected chi connectivity index (χ1v) is 9.95. The molecule has 1 aromatic carbocycles. The molecule has 0 bridgehead atoms. The Morgan fingerprint density at radius 3 is 2.74 bits per heavy atom. The lowest BCUT2D eigenvalue weighted by molar-refractivity contribution is 0.1000. The lowest BCUT2D eigenvalue weighted by Crippen LogP contribution is -2.41. The fourth-order valence-corrected chi connectivity index (χ4v) is 3.84. The van der Waals surface area contributed by atoms with Gasteiger partial charge >= 0.3 is 0 Å². The predicted octanol–water partition coefficient (Wildman–Crippen LogP) is 2.18. The first kappa shape index (κ1) is 20.6. The van der Waals surface area contributed by atoms with E-state index >= 15 is 0 Å². The van der Waals surface area contributed by atoms with Crippen LogP contribution in [0.25, 0.3) is 0 Å². The van der Waals surface area contributed by atoms with Crippen molar-refractivity contribution in [2.45, 2.75) is 19.0 Å². The molecule has 160 valence electrons. The van der Waals surface area contributed by atoms with E-state index in [4.69, 9.17) is 5.73 Å². The van der Waals surface area contributed by atoms with Crippen LogP contribution in [-0.4, -0.2) is 43.5 Å². The number of nitrogens with two attached hydrogens (primary N) is 1. The lowest BCUT2D eigenvalue weighted by atomic mass is 9.93. The van der Waals surface area contributed by atoms with Crippen molar-refractivity contribution in [2.75, 3.05) is 18.4 Å². The van der Waals surface area contributed by atoms with Crippen LogP contribution in [-0.2, 0) is 13.6 Å². The maximum Gasteiger partial charge on any atom is 0.254 e. The Bertz CT molecular complexity index is 1110. The third-order valence-corrected chi connectivity index (χ3v) is 5.43. The summed E-state index contributed by atoms with van der Waals surface area (Å²) in [5, 5.41) is 21.7. The van der Waals surface area contributed by atoms with Crippen molar-refractivity contribution in [3.05, 3.63) is 59.8 Å². The molecule has 3 heterocycles. The van der Waals surface area contributed by atoms with Crippen molar-refractivity contribution in [1.82, 2.24) is 24.5 Å². The normalized spacial score (nSPS) is 19.1. The van der Waals surface area contributed by atoms with Gasteiger partial charge in [0.05, 0.1) is 23.7 Å². The van der Waals surface area contributed by atoms with E-state index in [9.17, 15) is 14.4 Å². The van der Waals surface area contributed by atoms with Crippen LogP contribution < -0.4 is 11.1 Å². The Labute approximate surface area is 178 Å². The number of aromatic nitrogens is 4. The number of carbonyl (C=O) groups excluding carboxylic acids is 1. The number of nitrogens with zero attached hydrogens (tertiary/aromatic N) is 6. The second-order valence-electron chi connectivity index (χ2n) is 7.68. The van der Waals surface area contributed by atoms with Gasteiger partial charge in [0.2, 0.25) is 0 Å². The maximum absolute atomic E-state index is 13.2. The predicted molar refractivity (Wildman–Crippen MR) is 112 cm³/mol. The van der Waals surface area contributed by atoms with Gasteiger partial charge in [-0.1, -0.05) is 0 Å². The second kappa shape index (κ2) is 8.57. The molecule has 3 aromatic rings. The average Bonchev–Trinajstić information content (AvgIpc) is 3.36. The summed E-state index contributed by atoms with van der Waals surface area (Å²) in [6.45, 7) is 2.03. The van der Waals surface area contributed by atoms with Crippen LogP contribution in [0.2, 0.25) is 0 Å². The van der Waals surface area contributed by atoms with Crippen molar-refractivity contribution in [1.29, 1.82) is 5.26 Å². The van der Waals surface area contributed by atoms with E-state index in [1.807, 2.05) is 19.3 Å². The van der Waals surface area contributed by atoms with Crippen molar-refractivity contribution < 1.29 is 9.18 Å². The van der Waals surface area contributed by atoms with Crippen LogP contribution in [0.15, 0.2) is 42.7 Å². The van der Waals surface area contributed by atoms with E-state index in [-0.39, 0.29) is 29.2 Å². The van der Waals surface area contributed by atoms with Gasteiger partial charge in [0.15, 0.2) is 5.82 Å². The number of hydrogen-bond acceptors (Lipinski definition) is 6. The number of halogens is 1. The summed E-state index contributed by atoms with van der Waals surface area (Å²) in [5.41, 5.74) is 7.29. The van der Waals surface area contributed by atoms with Gasteiger partial charge in [-0.2, -0.15) is 15.5 Å². The molecule has 1 aliphatic rings. The molecule has 3 N–H and O–H groups in total. The third kappa shape index (κ3) is 4.57. The molecule has 1 aliphatic heterocycles. The summed E-state index contributed by atoms with van der Waals surface area (Å²) in [4.78, 5) is 14.2. The highest BCUT2D eigenvalue weighted by Crippen LogP contribution is 2.30. The number of likely N-dealkylation sites (tertiary alicyclic amines) is 1. The second-order valence-corrected chi connectivity index (χ2v) is 7.68. The van der Waals surface area contributed by atoms with E-state index < -0.39 is 5.91 Å². The van der Waals surface area contributed by atoms with Gasteiger partial charge in [-0.05, 0) is 43.3 Å². The Hall–Kier alpha value is -3.71. The van der Waals surface area contributed by atoms with Crippen molar-refractivity contribution in [3.8, 4) is 6.07 Å². The minimum Gasteiger partial charge on any atom is -0.365 e. The topological polar surface area (TPSA) is 118 Å². The van der Waals surface area contributed by atoms with Crippen LogP contribution in [0.5, 0.6) is 0 Å². The highest BCUT2D eigenvalue weighted by molar-refractivity contribution is 5.98. The fraction of sp³-hybridized carbons (Fsp3) is 0.333. The number of nitrogens with one attached hydrogen (secondary N) is 1. The molecular formula is C21H23FN8O. The number of rotatable bonds is 6. The molecule has 31 heavy (non-hydrogen) atoms. The molecule has 2 atom stereocenters. The van der Waals surface area contributed by atoms with E-state index in [1.165, 1.54) is 12.1 Å².